The van der Waals surface area contributed by atoms with Crippen LogP contribution in [0.2, 0.25) is 0 Å². The number of anilines is 1. The molecule has 0 unspecified atom stereocenters. The van der Waals surface area contributed by atoms with Crippen LogP contribution in [0.4, 0.5) is 5.82 Å². The molecular weight excluding hydrogens is 332 g/mol. The summed E-state index contributed by atoms with van der Waals surface area (Å²) < 4.78 is 2.77. The second-order valence-corrected chi connectivity index (χ2v) is 7.53. The molecule has 144 valence electrons. The summed E-state index contributed by atoms with van der Waals surface area (Å²) in [6.45, 7) is 3.80. The third-order valence-corrected chi connectivity index (χ3v) is 5.84. The molecule has 1 N–H and O–H groups in total. The van der Waals surface area contributed by atoms with E-state index in [9.17, 15) is 14.4 Å². The van der Waals surface area contributed by atoms with Gasteiger partial charge in [0.1, 0.15) is 5.82 Å². The van der Waals surface area contributed by atoms with Crippen molar-refractivity contribution in [3.05, 3.63) is 26.9 Å². The fraction of sp³-hybridized carbons (Fsp3) is 0.737. The van der Waals surface area contributed by atoms with Gasteiger partial charge in [-0.25, -0.2) is 4.79 Å². The van der Waals surface area contributed by atoms with Crippen molar-refractivity contribution in [3.63, 3.8) is 0 Å². The molecule has 1 amide bonds. The van der Waals surface area contributed by atoms with E-state index in [0.717, 1.165) is 30.3 Å². The average Bonchev–Trinajstić information content (AvgIpc) is 2.67. The van der Waals surface area contributed by atoms with E-state index >= 15 is 0 Å². The molecule has 1 saturated heterocycles. The van der Waals surface area contributed by atoms with E-state index in [4.69, 9.17) is 0 Å². The normalized spacial score (nSPS) is 19.5. The number of rotatable bonds is 4. The molecule has 0 spiro atoms. The summed E-state index contributed by atoms with van der Waals surface area (Å²) in [5.41, 5.74) is -0.570. The Morgan fingerprint density at radius 1 is 1.12 bits per heavy atom. The van der Waals surface area contributed by atoms with E-state index in [1.54, 1.807) is 4.57 Å². The largest absolute Gasteiger partial charge is 0.358 e. The topological polar surface area (TPSA) is 76.3 Å². The van der Waals surface area contributed by atoms with E-state index in [0.29, 0.717) is 31.5 Å². The van der Waals surface area contributed by atoms with Gasteiger partial charge in [-0.2, -0.15) is 0 Å². The fourth-order valence-electron chi connectivity index (χ4n) is 4.15. The Morgan fingerprint density at radius 2 is 1.77 bits per heavy atom. The van der Waals surface area contributed by atoms with Crippen LogP contribution in [-0.2, 0) is 18.4 Å². The molecule has 7 nitrogen and oxygen atoms in total. The van der Waals surface area contributed by atoms with Crippen molar-refractivity contribution in [1.29, 1.82) is 0 Å². The lowest BCUT2D eigenvalue weighted by atomic mass is 9.92. The number of nitrogens with one attached hydrogen (secondary N) is 1. The minimum absolute atomic E-state index is 0.0292. The van der Waals surface area contributed by atoms with Crippen molar-refractivity contribution in [3.8, 4) is 0 Å². The zero-order valence-electron chi connectivity index (χ0n) is 15.9. The third kappa shape index (κ3) is 3.86. The predicted octanol–water partition coefficient (Wildman–Crippen LogP) is 1.23. The molecule has 1 aromatic rings. The Labute approximate surface area is 154 Å². The molecule has 3 rings (SSSR count). The van der Waals surface area contributed by atoms with Gasteiger partial charge in [0.25, 0.3) is 5.56 Å². The van der Waals surface area contributed by atoms with Gasteiger partial charge in [-0.05, 0) is 32.6 Å². The number of carbonyl (C=O) groups excluding carboxylic acids is 1. The van der Waals surface area contributed by atoms with E-state index in [-0.39, 0.29) is 23.1 Å². The maximum Gasteiger partial charge on any atom is 0.332 e. The fourth-order valence-corrected chi connectivity index (χ4v) is 4.15. The van der Waals surface area contributed by atoms with Crippen molar-refractivity contribution >= 4 is 11.7 Å². The Hall–Kier alpha value is -2.05. The predicted molar refractivity (Wildman–Crippen MR) is 102 cm³/mol. The minimum atomic E-state index is -0.285. The first kappa shape index (κ1) is 18.7. The highest BCUT2D eigenvalue weighted by atomic mass is 16.2. The monoisotopic (exact) mass is 362 g/mol. The highest BCUT2D eigenvalue weighted by Gasteiger charge is 2.28. The second kappa shape index (κ2) is 8.10. The minimum Gasteiger partial charge on any atom is -0.358 e. The van der Waals surface area contributed by atoms with Gasteiger partial charge in [0.05, 0.1) is 0 Å². The summed E-state index contributed by atoms with van der Waals surface area (Å²) in [7, 11) is 1.50. The first-order valence-electron chi connectivity index (χ1n) is 9.87. The lowest BCUT2D eigenvalue weighted by molar-refractivity contribution is -0.126. The van der Waals surface area contributed by atoms with E-state index < -0.39 is 0 Å². The molecule has 1 aromatic heterocycles. The molecule has 1 aliphatic heterocycles. The zero-order chi connectivity index (χ0) is 18.7. The van der Waals surface area contributed by atoms with Crippen molar-refractivity contribution in [2.45, 2.75) is 64.5 Å². The Kier molecular flexibility index (Phi) is 5.84. The van der Waals surface area contributed by atoms with Gasteiger partial charge in [-0.15, -0.1) is 0 Å². The molecule has 0 bridgehead atoms. The lowest BCUT2D eigenvalue weighted by Crippen LogP contribution is -2.46. The van der Waals surface area contributed by atoms with Crippen LogP contribution in [0.3, 0.4) is 0 Å². The van der Waals surface area contributed by atoms with Crippen molar-refractivity contribution in [2.24, 2.45) is 13.0 Å². The van der Waals surface area contributed by atoms with E-state index in [1.807, 2.05) is 6.92 Å². The van der Waals surface area contributed by atoms with Gasteiger partial charge in [0, 0.05) is 44.7 Å². The molecule has 2 aliphatic rings. The third-order valence-electron chi connectivity index (χ3n) is 5.84. The number of aromatic nitrogens is 2. The Bertz CT molecular complexity index is 753. The lowest BCUT2D eigenvalue weighted by Gasteiger charge is -2.35. The summed E-state index contributed by atoms with van der Waals surface area (Å²) in [6.07, 6.45) is 7.40. The SMILES string of the molecule is CCn1c(N2CCC(C(=O)NC3CCCCC3)CC2)cc(=O)n(C)c1=O. The summed E-state index contributed by atoms with van der Waals surface area (Å²) in [5, 5.41) is 3.23. The number of nitrogens with zero attached hydrogens (tertiary/aromatic N) is 3. The maximum absolute atomic E-state index is 12.5. The van der Waals surface area contributed by atoms with Crippen LogP contribution in [0.25, 0.3) is 0 Å². The summed E-state index contributed by atoms with van der Waals surface area (Å²) in [4.78, 5) is 39.0. The Morgan fingerprint density at radius 3 is 2.38 bits per heavy atom. The van der Waals surface area contributed by atoms with Gasteiger partial charge in [-0.1, -0.05) is 19.3 Å². The van der Waals surface area contributed by atoms with Crippen LogP contribution in [0.15, 0.2) is 15.7 Å². The van der Waals surface area contributed by atoms with Gasteiger partial charge in [0.2, 0.25) is 5.91 Å². The first-order chi connectivity index (χ1) is 12.5. The van der Waals surface area contributed by atoms with Crippen LogP contribution < -0.4 is 21.5 Å². The quantitative estimate of drug-likeness (QED) is 0.874. The van der Waals surface area contributed by atoms with Gasteiger partial charge in [0.15, 0.2) is 0 Å². The van der Waals surface area contributed by atoms with Crippen LogP contribution in [-0.4, -0.2) is 34.2 Å². The molecule has 0 aromatic carbocycles. The average molecular weight is 362 g/mol. The maximum atomic E-state index is 12.5. The molecule has 0 radical (unpaired) electrons. The Balaban J connectivity index is 1.64. The molecule has 2 fully saturated rings. The number of hydrogen-bond donors (Lipinski definition) is 1. The van der Waals surface area contributed by atoms with Gasteiger partial charge in [-0.3, -0.25) is 18.7 Å². The van der Waals surface area contributed by atoms with Crippen molar-refractivity contribution < 1.29 is 4.79 Å². The second-order valence-electron chi connectivity index (χ2n) is 7.53. The molecule has 26 heavy (non-hydrogen) atoms. The molecular formula is C19H30N4O3. The first-order valence-corrected chi connectivity index (χ1v) is 9.87. The highest BCUT2D eigenvalue weighted by molar-refractivity contribution is 5.79. The van der Waals surface area contributed by atoms with Crippen LogP contribution in [0, 0.1) is 5.92 Å². The standard InChI is InChI=1S/C19H30N4O3/c1-3-23-16(13-17(24)21(2)19(23)26)22-11-9-14(10-12-22)18(25)20-15-7-5-4-6-8-15/h13-15H,3-12H2,1-2H3,(H,20,25). The number of amides is 1. The number of piperidine rings is 1. The van der Waals surface area contributed by atoms with Gasteiger partial charge < -0.3 is 10.2 Å². The van der Waals surface area contributed by atoms with Crippen LogP contribution in [0.1, 0.15) is 51.9 Å². The highest BCUT2D eigenvalue weighted by Crippen LogP contribution is 2.23. The summed E-state index contributed by atoms with van der Waals surface area (Å²) in [6, 6.07) is 1.88. The summed E-state index contributed by atoms with van der Waals surface area (Å²) in [5.74, 6) is 0.877. The molecule has 1 aliphatic carbocycles. The van der Waals surface area contributed by atoms with Crippen molar-refractivity contribution in [2.75, 3.05) is 18.0 Å². The van der Waals surface area contributed by atoms with Gasteiger partial charge >= 0.3 is 5.69 Å². The molecule has 0 atom stereocenters. The van der Waals surface area contributed by atoms with E-state index in [1.165, 1.54) is 32.4 Å². The molecule has 1 saturated carbocycles. The number of carbonyl (C=O) groups is 1. The van der Waals surface area contributed by atoms with Crippen LogP contribution >= 0.6 is 0 Å². The molecule has 2 heterocycles. The zero-order valence-corrected chi connectivity index (χ0v) is 15.9. The molecule has 7 heteroatoms. The smallest absolute Gasteiger partial charge is 0.332 e. The van der Waals surface area contributed by atoms with E-state index in [2.05, 4.69) is 10.2 Å². The van der Waals surface area contributed by atoms with Crippen molar-refractivity contribution in [1.82, 2.24) is 14.5 Å². The summed E-state index contributed by atoms with van der Waals surface area (Å²) >= 11 is 0. The van der Waals surface area contributed by atoms with Crippen LogP contribution in [0.5, 0.6) is 0 Å². The number of hydrogen-bond acceptors (Lipinski definition) is 4.